The van der Waals surface area contributed by atoms with Crippen molar-refractivity contribution in [3.8, 4) is 16.9 Å². The Kier molecular flexibility index (Phi) is 7.96. The van der Waals surface area contributed by atoms with Gasteiger partial charge in [-0.25, -0.2) is 9.97 Å². The molecule has 1 aliphatic rings. The van der Waals surface area contributed by atoms with Crippen molar-refractivity contribution >= 4 is 17.9 Å². The van der Waals surface area contributed by atoms with E-state index in [1.165, 1.54) is 12.1 Å². The molecule has 2 aromatic carbocycles. The Morgan fingerprint density at radius 2 is 1.74 bits per heavy atom. The lowest BCUT2D eigenvalue weighted by Gasteiger charge is -2.36. The number of aliphatic hydroxyl groups is 2. The lowest BCUT2D eigenvalue weighted by atomic mass is 9.96. The van der Waals surface area contributed by atoms with Crippen LogP contribution in [0.25, 0.3) is 11.1 Å². The molecule has 0 bridgehead atoms. The van der Waals surface area contributed by atoms with Gasteiger partial charge in [0.15, 0.2) is 0 Å². The van der Waals surface area contributed by atoms with Crippen LogP contribution >= 0.6 is 0 Å². The molecule has 0 saturated carbocycles. The number of piperidine rings is 1. The number of nitrogens with zero attached hydrogens (tertiary/aromatic N) is 3. The first-order valence-corrected chi connectivity index (χ1v) is 11.2. The van der Waals surface area contributed by atoms with Crippen molar-refractivity contribution in [2.75, 3.05) is 18.4 Å². The first-order chi connectivity index (χ1) is 16.9. The Morgan fingerprint density at radius 1 is 1.06 bits per heavy atom. The summed E-state index contributed by atoms with van der Waals surface area (Å²) in [5.74, 6) is -0.306. The molecule has 1 fully saturated rings. The number of aldehydes is 1. The van der Waals surface area contributed by atoms with E-state index in [2.05, 4.69) is 20.0 Å². The van der Waals surface area contributed by atoms with E-state index in [0.717, 1.165) is 18.3 Å². The van der Waals surface area contributed by atoms with Crippen LogP contribution in [0.4, 0.5) is 20.4 Å². The summed E-state index contributed by atoms with van der Waals surface area (Å²) < 4.78 is 28.9. The summed E-state index contributed by atoms with van der Waals surface area (Å²) in [6, 6.07) is 13.2. The highest BCUT2D eigenvalue weighted by Crippen LogP contribution is 2.26. The second-order valence-electron chi connectivity index (χ2n) is 8.31. The van der Waals surface area contributed by atoms with Crippen molar-refractivity contribution in [1.29, 1.82) is 0 Å². The fourth-order valence-corrected chi connectivity index (χ4v) is 4.06. The molecule has 2 heterocycles. The fourth-order valence-electron chi connectivity index (χ4n) is 4.06. The van der Waals surface area contributed by atoms with Gasteiger partial charge < -0.3 is 25.1 Å². The largest absolute Gasteiger partial charge is 0.435 e. The quantitative estimate of drug-likeness (QED) is 0.396. The third kappa shape index (κ3) is 6.36. The predicted molar refractivity (Wildman–Crippen MR) is 125 cm³/mol. The number of benzene rings is 2. The van der Waals surface area contributed by atoms with Gasteiger partial charge >= 0.3 is 6.61 Å². The van der Waals surface area contributed by atoms with Crippen LogP contribution in [0.5, 0.6) is 5.75 Å². The number of alkyl halides is 2. The minimum atomic E-state index is -2.87. The summed E-state index contributed by atoms with van der Waals surface area (Å²) >= 11 is 0. The molecule has 10 heteroatoms. The first-order valence-electron chi connectivity index (χ1n) is 11.2. The van der Waals surface area contributed by atoms with Crippen LogP contribution in [0.3, 0.4) is 0 Å². The molecule has 0 radical (unpaired) electrons. The number of aromatic nitrogens is 2. The number of hydrogen-bond acceptors (Lipinski definition) is 8. The fraction of sp³-hybridized carbons (Fsp3) is 0.320. The van der Waals surface area contributed by atoms with Crippen LogP contribution in [0.1, 0.15) is 24.3 Å². The first kappa shape index (κ1) is 24.6. The van der Waals surface area contributed by atoms with Gasteiger partial charge in [-0.3, -0.25) is 4.90 Å². The molecule has 184 valence electrons. The SMILES string of the molecule is O=CC(c1ccc(Nc2ncc(-c3ccc(OC(F)F)cc3)cn2)cc1)C(O)N1CCC[C@@H](O)C1. The number of hydrogen-bond donors (Lipinski definition) is 3. The summed E-state index contributed by atoms with van der Waals surface area (Å²) in [6.07, 6.45) is 3.90. The molecule has 1 aliphatic heterocycles. The number of aliphatic hydroxyl groups excluding tert-OH is 2. The average molecular weight is 485 g/mol. The Labute approximate surface area is 201 Å². The van der Waals surface area contributed by atoms with Crippen molar-refractivity contribution in [3.05, 3.63) is 66.5 Å². The molecular weight excluding hydrogens is 458 g/mol. The van der Waals surface area contributed by atoms with Crippen molar-refractivity contribution in [2.45, 2.75) is 37.7 Å². The lowest BCUT2D eigenvalue weighted by Crippen LogP contribution is -2.47. The van der Waals surface area contributed by atoms with Crippen molar-refractivity contribution in [1.82, 2.24) is 14.9 Å². The number of carbonyl (C=O) groups is 1. The number of β-amino-alcohol motifs (C(OH)–C–C–N with tert-alkyl or cyclic N) is 1. The normalized spacial score (nSPS) is 18.1. The van der Waals surface area contributed by atoms with Crippen molar-refractivity contribution in [3.63, 3.8) is 0 Å². The molecular formula is C25H26F2N4O4. The standard InChI is InChI=1S/C25H26F2N4O4/c26-24(27)35-21-9-5-16(6-10-21)18-12-28-25(29-13-18)30-19-7-3-17(4-8-19)22(15-32)23(34)31-11-1-2-20(33)14-31/h3-10,12-13,15,20,22-24,33-34H,1-2,11,14H2,(H,28,29,30)/t20-,22?,23?/m1/s1. The molecule has 3 N–H and O–H groups in total. The zero-order chi connectivity index (χ0) is 24.8. The van der Waals surface area contributed by atoms with Gasteiger partial charge in [0.1, 0.15) is 18.3 Å². The van der Waals surface area contributed by atoms with Gasteiger partial charge in [-0.2, -0.15) is 8.78 Å². The second-order valence-corrected chi connectivity index (χ2v) is 8.31. The monoisotopic (exact) mass is 484 g/mol. The van der Waals surface area contributed by atoms with Crippen LogP contribution in [-0.4, -0.2) is 63.4 Å². The number of ether oxygens (including phenoxy) is 1. The maximum atomic E-state index is 12.3. The van der Waals surface area contributed by atoms with E-state index in [1.54, 1.807) is 53.7 Å². The van der Waals surface area contributed by atoms with E-state index >= 15 is 0 Å². The van der Waals surface area contributed by atoms with Gasteiger partial charge in [0.25, 0.3) is 0 Å². The molecule has 3 atom stereocenters. The maximum absolute atomic E-state index is 12.3. The van der Waals surface area contributed by atoms with Crippen LogP contribution in [-0.2, 0) is 4.79 Å². The summed E-state index contributed by atoms with van der Waals surface area (Å²) in [6.45, 7) is -1.91. The van der Waals surface area contributed by atoms with Gasteiger partial charge in [-0.05, 0) is 48.2 Å². The van der Waals surface area contributed by atoms with Crippen LogP contribution in [0, 0.1) is 0 Å². The Hall–Kier alpha value is -3.47. The molecule has 2 unspecified atom stereocenters. The number of anilines is 2. The summed E-state index contributed by atoms with van der Waals surface area (Å²) in [5.41, 5.74) is 2.82. The molecule has 1 saturated heterocycles. The molecule has 0 amide bonds. The Morgan fingerprint density at radius 3 is 2.34 bits per heavy atom. The Balaban J connectivity index is 1.38. The average Bonchev–Trinajstić information content (AvgIpc) is 2.86. The minimum absolute atomic E-state index is 0.0734. The number of rotatable bonds is 9. The van der Waals surface area contributed by atoms with Gasteiger partial charge in [0.05, 0.1) is 12.0 Å². The Bertz CT molecular complexity index is 1100. The third-order valence-electron chi connectivity index (χ3n) is 5.89. The molecule has 35 heavy (non-hydrogen) atoms. The zero-order valence-corrected chi connectivity index (χ0v) is 18.8. The highest BCUT2D eigenvalue weighted by molar-refractivity contribution is 5.65. The number of nitrogens with one attached hydrogen (secondary N) is 1. The maximum Gasteiger partial charge on any atom is 0.387 e. The minimum Gasteiger partial charge on any atom is -0.435 e. The van der Waals surface area contributed by atoms with Crippen LogP contribution in [0.2, 0.25) is 0 Å². The second kappa shape index (κ2) is 11.3. The molecule has 0 spiro atoms. The molecule has 1 aromatic heterocycles. The van der Waals surface area contributed by atoms with E-state index in [9.17, 15) is 23.8 Å². The van der Waals surface area contributed by atoms with Crippen LogP contribution in [0.15, 0.2) is 60.9 Å². The molecule has 8 nitrogen and oxygen atoms in total. The lowest BCUT2D eigenvalue weighted by molar-refractivity contribution is -0.117. The summed E-state index contributed by atoms with van der Waals surface area (Å²) in [4.78, 5) is 22.0. The highest BCUT2D eigenvalue weighted by atomic mass is 19.3. The summed E-state index contributed by atoms with van der Waals surface area (Å²) in [5, 5.41) is 23.6. The number of carbonyl (C=O) groups excluding carboxylic acids is 1. The molecule has 0 aliphatic carbocycles. The van der Waals surface area contributed by atoms with E-state index in [1.807, 2.05) is 0 Å². The van der Waals surface area contributed by atoms with Gasteiger partial charge in [-0.1, -0.05) is 24.3 Å². The van der Waals surface area contributed by atoms with E-state index in [-0.39, 0.29) is 5.75 Å². The van der Waals surface area contributed by atoms with Gasteiger partial charge in [-0.15, -0.1) is 0 Å². The van der Waals surface area contributed by atoms with E-state index in [4.69, 9.17) is 0 Å². The number of likely N-dealkylation sites (tertiary alicyclic amines) is 1. The predicted octanol–water partition coefficient (Wildman–Crippen LogP) is 3.55. The zero-order valence-electron chi connectivity index (χ0n) is 18.8. The van der Waals surface area contributed by atoms with Crippen molar-refractivity contribution < 1.29 is 28.5 Å². The van der Waals surface area contributed by atoms with Crippen molar-refractivity contribution in [2.24, 2.45) is 0 Å². The van der Waals surface area contributed by atoms with Gasteiger partial charge in [0.2, 0.25) is 5.95 Å². The van der Waals surface area contributed by atoms with E-state index in [0.29, 0.717) is 42.3 Å². The van der Waals surface area contributed by atoms with Crippen LogP contribution < -0.4 is 10.1 Å². The topological polar surface area (TPSA) is 108 Å². The number of halogens is 2. The highest BCUT2D eigenvalue weighted by Gasteiger charge is 2.30. The molecule has 4 rings (SSSR count). The van der Waals surface area contributed by atoms with Gasteiger partial charge in [0, 0.05) is 36.7 Å². The summed E-state index contributed by atoms with van der Waals surface area (Å²) in [7, 11) is 0. The molecule has 3 aromatic rings. The van der Waals surface area contributed by atoms with E-state index < -0.39 is 24.9 Å². The third-order valence-corrected chi connectivity index (χ3v) is 5.89. The smallest absolute Gasteiger partial charge is 0.387 e.